The van der Waals surface area contributed by atoms with Gasteiger partial charge in [-0.3, -0.25) is 10.1 Å². The zero-order valence-corrected chi connectivity index (χ0v) is 14.0. The average Bonchev–Trinajstić information content (AvgIpc) is 2.38. The molecule has 0 bridgehead atoms. The van der Waals surface area contributed by atoms with Crippen LogP contribution in [0.25, 0.3) is 0 Å². The molecule has 1 aromatic carbocycles. The van der Waals surface area contributed by atoms with Gasteiger partial charge >= 0.3 is 0 Å². The van der Waals surface area contributed by atoms with E-state index in [0.29, 0.717) is 14.8 Å². The van der Waals surface area contributed by atoms with Crippen molar-refractivity contribution in [3.63, 3.8) is 0 Å². The normalized spacial score (nSPS) is 9.90. The van der Waals surface area contributed by atoms with Crippen molar-refractivity contribution in [2.45, 2.75) is 0 Å². The molecule has 0 unspecified atom stereocenters. The summed E-state index contributed by atoms with van der Waals surface area (Å²) < 4.78 is 1.32. The van der Waals surface area contributed by atoms with Crippen LogP contribution in [0.2, 0.25) is 0 Å². The number of nitrogens with zero attached hydrogens (tertiary/aromatic N) is 1. The highest BCUT2D eigenvalue weighted by Gasteiger charge is 2.07. The maximum absolute atomic E-state index is 11.9. The molecule has 102 valence electrons. The summed E-state index contributed by atoms with van der Waals surface area (Å²) in [6, 6.07) is 12.4. The van der Waals surface area contributed by atoms with Crippen LogP contribution in [0.5, 0.6) is 0 Å². The van der Waals surface area contributed by atoms with Crippen molar-refractivity contribution in [1.29, 1.82) is 0 Å². The molecule has 2 aromatic rings. The van der Waals surface area contributed by atoms with Gasteiger partial charge in [0, 0.05) is 11.3 Å². The molecule has 7 heteroatoms. The van der Waals surface area contributed by atoms with Crippen LogP contribution in [-0.2, 0) is 0 Å². The van der Waals surface area contributed by atoms with Crippen LogP contribution in [0.15, 0.2) is 51.7 Å². The van der Waals surface area contributed by atoms with E-state index >= 15 is 0 Å². The van der Waals surface area contributed by atoms with Crippen LogP contribution >= 0.6 is 44.1 Å². The maximum atomic E-state index is 11.9. The fourth-order valence-electron chi connectivity index (χ4n) is 1.46. The monoisotopic (exact) mass is 413 g/mol. The molecule has 0 aliphatic carbocycles. The van der Waals surface area contributed by atoms with E-state index in [-0.39, 0.29) is 11.0 Å². The molecule has 0 radical (unpaired) electrons. The van der Waals surface area contributed by atoms with E-state index in [0.717, 1.165) is 5.69 Å². The number of carbonyl (C=O) groups excluding carboxylic acids is 1. The molecule has 1 amide bonds. The topological polar surface area (TPSA) is 54.0 Å². The lowest BCUT2D eigenvalue weighted by atomic mass is 10.2. The predicted octanol–water partition coefficient (Wildman–Crippen LogP) is 3.73. The van der Waals surface area contributed by atoms with E-state index in [9.17, 15) is 4.79 Å². The van der Waals surface area contributed by atoms with Crippen LogP contribution in [0, 0.1) is 0 Å². The number of pyridine rings is 1. The molecule has 1 heterocycles. The first-order valence-corrected chi connectivity index (χ1v) is 7.54. The minimum absolute atomic E-state index is 0.226. The molecule has 0 atom stereocenters. The lowest BCUT2D eigenvalue weighted by molar-refractivity contribution is 0.0978. The molecule has 0 spiro atoms. The highest BCUT2D eigenvalue weighted by molar-refractivity contribution is 9.11. The van der Waals surface area contributed by atoms with Gasteiger partial charge in [0.15, 0.2) is 5.11 Å². The van der Waals surface area contributed by atoms with E-state index in [1.807, 2.05) is 6.07 Å². The molecule has 2 N–H and O–H groups in total. The SMILES string of the molecule is O=C(NC(=S)Nc1cc(Br)nc(Br)c1)c1ccccc1. The zero-order chi connectivity index (χ0) is 14.5. The number of halogens is 2. The average molecular weight is 415 g/mol. The molecule has 1 aromatic heterocycles. The number of amides is 1. The summed E-state index contributed by atoms with van der Waals surface area (Å²) in [5, 5.41) is 5.76. The summed E-state index contributed by atoms with van der Waals surface area (Å²) in [5.74, 6) is -0.254. The van der Waals surface area contributed by atoms with Crippen LogP contribution in [0.1, 0.15) is 10.4 Å². The highest BCUT2D eigenvalue weighted by atomic mass is 79.9. The van der Waals surface area contributed by atoms with Crippen molar-refractivity contribution in [2.24, 2.45) is 0 Å². The van der Waals surface area contributed by atoms with E-state index in [1.165, 1.54) is 0 Å². The van der Waals surface area contributed by atoms with Gasteiger partial charge in [-0.15, -0.1) is 0 Å². The Balaban J connectivity index is 2.01. The van der Waals surface area contributed by atoms with Crippen molar-refractivity contribution < 1.29 is 4.79 Å². The second kappa shape index (κ2) is 6.92. The molecule has 0 saturated carbocycles. The third kappa shape index (κ3) is 4.36. The number of rotatable bonds is 2. The number of carbonyl (C=O) groups is 1. The fraction of sp³-hybridized carbons (Fsp3) is 0. The Morgan fingerprint density at radius 2 is 1.70 bits per heavy atom. The Labute approximate surface area is 138 Å². The smallest absolute Gasteiger partial charge is 0.257 e. The lowest BCUT2D eigenvalue weighted by Gasteiger charge is -2.10. The summed E-state index contributed by atoms with van der Waals surface area (Å²) in [5.41, 5.74) is 1.27. The second-order valence-electron chi connectivity index (χ2n) is 3.78. The summed E-state index contributed by atoms with van der Waals surface area (Å²) in [6.07, 6.45) is 0. The minimum Gasteiger partial charge on any atom is -0.332 e. The van der Waals surface area contributed by atoms with Crippen molar-refractivity contribution in [3.05, 3.63) is 57.2 Å². The highest BCUT2D eigenvalue weighted by Crippen LogP contribution is 2.19. The first-order chi connectivity index (χ1) is 9.54. The largest absolute Gasteiger partial charge is 0.332 e. The minimum atomic E-state index is -0.254. The first kappa shape index (κ1) is 15.1. The van der Waals surface area contributed by atoms with Gasteiger partial charge in [0.25, 0.3) is 5.91 Å². The maximum Gasteiger partial charge on any atom is 0.257 e. The van der Waals surface area contributed by atoms with Crippen LogP contribution in [-0.4, -0.2) is 16.0 Å². The molecule has 2 rings (SSSR count). The number of hydrogen-bond donors (Lipinski definition) is 2. The number of aromatic nitrogens is 1. The molecule has 0 fully saturated rings. The lowest BCUT2D eigenvalue weighted by Crippen LogP contribution is -2.34. The van der Waals surface area contributed by atoms with Gasteiger partial charge in [-0.25, -0.2) is 4.98 Å². The molecule has 0 aliphatic heterocycles. The number of hydrogen-bond acceptors (Lipinski definition) is 3. The van der Waals surface area contributed by atoms with Gasteiger partial charge in [0.05, 0.1) is 0 Å². The van der Waals surface area contributed by atoms with Crippen molar-refractivity contribution in [3.8, 4) is 0 Å². The molecular weight excluding hydrogens is 406 g/mol. The Morgan fingerprint density at radius 1 is 1.10 bits per heavy atom. The Morgan fingerprint density at radius 3 is 2.30 bits per heavy atom. The fourth-order valence-corrected chi connectivity index (χ4v) is 2.79. The van der Waals surface area contributed by atoms with Crippen molar-refractivity contribution in [2.75, 3.05) is 5.32 Å². The van der Waals surface area contributed by atoms with Gasteiger partial charge in [-0.1, -0.05) is 18.2 Å². The number of anilines is 1. The van der Waals surface area contributed by atoms with Crippen LogP contribution in [0.4, 0.5) is 5.69 Å². The standard InChI is InChI=1S/C13H9Br2N3OS/c14-10-6-9(7-11(15)17-10)16-13(20)18-12(19)8-4-2-1-3-5-8/h1-7H,(H2,16,17,18,19,20). The Kier molecular flexibility index (Phi) is 5.22. The van der Waals surface area contributed by atoms with Gasteiger partial charge < -0.3 is 5.32 Å². The van der Waals surface area contributed by atoms with Gasteiger partial charge in [-0.2, -0.15) is 0 Å². The Bertz CT molecular complexity index is 629. The van der Waals surface area contributed by atoms with Gasteiger partial charge in [0.2, 0.25) is 0 Å². The molecule has 0 aliphatic rings. The predicted molar refractivity (Wildman–Crippen MR) is 89.8 cm³/mol. The van der Waals surface area contributed by atoms with Crippen molar-refractivity contribution in [1.82, 2.24) is 10.3 Å². The molecule has 4 nitrogen and oxygen atoms in total. The first-order valence-electron chi connectivity index (χ1n) is 5.55. The summed E-state index contributed by atoms with van der Waals surface area (Å²) in [6.45, 7) is 0. The summed E-state index contributed by atoms with van der Waals surface area (Å²) >= 11 is 11.7. The van der Waals surface area contributed by atoms with Gasteiger partial charge in [-0.05, 0) is 68.3 Å². The quantitative estimate of drug-likeness (QED) is 0.580. The number of nitrogens with one attached hydrogen (secondary N) is 2. The molecular formula is C13H9Br2N3OS. The van der Waals surface area contributed by atoms with E-state index in [2.05, 4.69) is 47.5 Å². The van der Waals surface area contributed by atoms with Crippen LogP contribution in [0.3, 0.4) is 0 Å². The van der Waals surface area contributed by atoms with E-state index in [4.69, 9.17) is 12.2 Å². The van der Waals surface area contributed by atoms with Crippen LogP contribution < -0.4 is 10.6 Å². The molecule has 20 heavy (non-hydrogen) atoms. The molecule has 0 saturated heterocycles. The van der Waals surface area contributed by atoms with E-state index in [1.54, 1.807) is 36.4 Å². The number of benzene rings is 1. The third-order valence-corrected chi connectivity index (χ3v) is 3.30. The zero-order valence-electron chi connectivity index (χ0n) is 10.1. The number of thiocarbonyl (C=S) groups is 1. The van der Waals surface area contributed by atoms with E-state index < -0.39 is 0 Å². The van der Waals surface area contributed by atoms with Crippen molar-refractivity contribution >= 4 is 60.8 Å². The van der Waals surface area contributed by atoms with Gasteiger partial charge in [0.1, 0.15) is 9.21 Å². The second-order valence-corrected chi connectivity index (χ2v) is 5.81. The summed E-state index contributed by atoms with van der Waals surface area (Å²) in [7, 11) is 0. The third-order valence-electron chi connectivity index (χ3n) is 2.28. The Hall–Kier alpha value is -1.31. The summed E-state index contributed by atoms with van der Waals surface area (Å²) in [4.78, 5) is 16.0.